The largest absolute Gasteiger partial charge is 0.666 e. The number of thiocarbonyl (C=S) groups is 1. The van der Waals surface area contributed by atoms with E-state index in [2.05, 4.69) is 26.5 Å². The first-order chi connectivity index (χ1) is 15.1. The van der Waals surface area contributed by atoms with Crippen molar-refractivity contribution in [2.24, 2.45) is 5.92 Å². The van der Waals surface area contributed by atoms with Crippen LogP contribution in [0.1, 0.15) is 155 Å². The van der Waals surface area contributed by atoms with E-state index in [1.165, 1.54) is 135 Å². The Morgan fingerprint density at radius 2 is 1.00 bits per heavy atom. The van der Waals surface area contributed by atoms with Crippen molar-refractivity contribution in [3.8, 4) is 0 Å². The van der Waals surface area contributed by atoms with Gasteiger partial charge < -0.3 is 17.1 Å². The van der Waals surface area contributed by atoms with E-state index < -0.39 is 0 Å². The van der Waals surface area contributed by atoms with Crippen LogP contribution in [0.25, 0.3) is 0 Å². The second kappa shape index (κ2) is 25.2. The zero-order chi connectivity index (χ0) is 23.0. The third-order valence-corrected chi connectivity index (χ3v) is 7.81. The molecule has 4 heteroatoms. The molecule has 0 aliphatic heterocycles. The van der Waals surface area contributed by atoms with Crippen LogP contribution in [0.2, 0.25) is 0 Å². The molecule has 1 unspecified atom stereocenters. The zero-order valence-corrected chi connectivity index (χ0v) is 23.6. The average Bonchev–Trinajstić information content (AvgIpc) is 2.77. The summed E-state index contributed by atoms with van der Waals surface area (Å²) in [5.74, 6) is 1.01. The molecular weight excluding hydrogens is 435 g/mol. The zero-order valence-electron chi connectivity index (χ0n) is 21.1. The number of nitrogens with zero attached hydrogens (tertiary/aromatic N) is 1. The molecule has 0 saturated heterocycles. The van der Waals surface area contributed by atoms with Crippen LogP contribution in [-0.4, -0.2) is 15.2 Å². The Balaban J connectivity index is 3.16. The van der Waals surface area contributed by atoms with Crippen LogP contribution < -0.4 is 0 Å². The second-order valence-electron chi connectivity index (χ2n) is 9.60. The molecule has 0 heterocycles. The van der Waals surface area contributed by atoms with Gasteiger partial charge in [0.1, 0.15) is 4.32 Å². The molecule has 1 nitrogen and oxygen atoms in total. The first kappa shape index (κ1) is 31.6. The van der Waals surface area contributed by atoms with E-state index in [1.54, 1.807) is 4.31 Å². The van der Waals surface area contributed by atoms with E-state index in [4.69, 9.17) is 25.0 Å². The molecule has 0 aliphatic carbocycles. The third kappa shape index (κ3) is 23.5. The van der Waals surface area contributed by atoms with Crippen molar-refractivity contribution in [2.75, 3.05) is 6.54 Å². The van der Waals surface area contributed by atoms with E-state index >= 15 is 0 Å². The van der Waals surface area contributed by atoms with Crippen LogP contribution in [0.15, 0.2) is 0 Å². The minimum absolute atomic E-state index is 0.531. The Bertz CT molecular complexity index is 375. The minimum Gasteiger partial charge on any atom is -0.666 e. The van der Waals surface area contributed by atoms with Gasteiger partial charge in [0.2, 0.25) is 0 Å². The molecule has 186 valence electrons. The number of hydrogen-bond donors (Lipinski definition) is 1. The number of hydrogen-bond acceptors (Lipinski definition) is 2. The van der Waals surface area contributed by atoms with E-state index in [9.17, 15) is 0 Å². The summed E-state index contributed by atoms with van der Waals surface area (Å²) in [4.78, 5) is 0. The lowest BCUT2D eigenvalue weighted by atomic mass is 9.93. The summed E-state index contributed by atoms with van der Waals surface area (Å²) in [6.45, 7) is 5.56. The van der Waals surface area contributed by atoms with Crippen LogP contribution >= 0.6 is 24.8 Å². The van der Waals surface area contributed by atoms with Gasteiger partial charge in [-0.1, -0.05) is 161 Å². The molecule has 0 rings (SSSR count). The maximum absolute atomic E-state index is 5.11. The molecule has 31 heavy (non-hydrogen) atoms. The van der Waals surface area contributed by atoms with Crippen molar-refractivity contribution in [1.82, 2.24) is 4.31 Å². The van der Waals surface area contributed by atoms with Gasteiger partial charge in [-0.05, 0) is 18.9 Å². The van der Waals surface area contributed by atoms with Crippen molar-refractivity contribution in [1.29, 1.82) is 0 Å². The summed E-state index contributed by atoms with van der Waals surface area (Å²) in [5.41, 5.74) is 0. The first-order valence-corrected chi connectivity index (χ1v) is 15.0. The third-order valence-electron chi connectivity index (χ3n) is 6.73. The summed E-state index contributed by atoms with van der Waals surface area (Å²) < 4.78 is 2.18. The van der Waals surface area contributed by atoms with E-state index in [0.717, 1.165) is 18.9 Å². The molecule has 0 fully saturated rings. The molecule has 0 aromatic heterocycles. The van der Waals surface area contributed by atoms with Gasteiger partial charge in [0, 0.05) is 0 Å². The molecule has 0 spiro atoms. The molecular formula is C27H54NS3-. The maximum atomic E-state index is 5.11. The van der Waals surface area contributed by atoms with Crippen LogP contribution in [0.4, 0.5) is 0 Å². The summed E-state index contributed by atoms with van der Waals surface area (Å²) >= 11 is 14.2. The SMILES string of the molecule is CCCCC(CC)CCCCCCCCCCCCCCCCCCCN([S-])C(=S)S. The fraction of sp³-hybridized carbons (Fsp3) is 0.963. The Morgan fingerprint density at radius 1 is 0.645 bits per heavy atom. The standard InChI is InChI=1S/C27H54NS3/c1-3-5-23-26(4-2)24-21-19-17-15-13-11-9-7-6-8-10-12-14-16-18-20-22-25-28(31)27(29)30/h26H,3-25H2,1-2H3,(H,29,30)/q-1. The number of rotatable bonds is 24. The Kier molecular flexibility index (Phi) is 25.7. The van der Waals surface area contributed by atoms with Gasteiger partial charge >= 0.3 is 0 Å². The molecule has 0 aromatic carbocycles. The quantitative estimate of drug-likeness (QED) is 0.0623. The highest BCUT2D eigenvalue weighted by atomic mass is 32.1. The fourth-order valence-electron chi connectivity index (χ4n) is 4.48. The van der Waals surface area contributed by atoms with Crippen molar-refractivity contribution in [3.05, 3.63) is 0 Å². The fourth-order valence-corrected chi connectivity index (χ4v) is 4.80. The van der Waals surface area contributed by atoms with Gasteiger partial charge in [-0.15, -0.1) is 12.6 Å². The summed E-state index contributed by atoms with van der Waals surface area (Å²) in [6.07, 6.45) is 31.1. The van der Waals surface area contributed by atoms with E-state index in [0.29, 0.717) is 4.32 Å². The van der Waals surface area contributed by atoms with Gasteiger partial charge in [0.05, 0.1) is 0 Å². The predicted molar refractivity (Wildman–Crippen MR) is 152 cm³/mol. The lowest BCUT2D eigenvalue weighted by Crippen LogP contribution is -2.19. The molecule has 0 radical (unpaired) electrons. The monoisotopic (exact) mass is 488 g/mol. The Morgan fingerprint density at radius 3 is 1.35 bits per heavy atom. The summed E-state index contributed by atoms with van der Waals surface area (Å²) in [6, 6.07) is 0. The van der Waals surface area contributed by atoms with Gasteiger partial charge in [-0.3, -0.25) is 0 Å². The normalized spacial score (nSPS) is 12.3. The second-order valence-corrected chi connectivity index (χ2v) is 11.2. The molecule has 0 aromatic rings. The van der Waals surface area contributed by atoms with Crippen molar-refractivity contribution in [3.63, 3.8) is 0 Å². The maximum Gasteiger partial charge on any atom is 0.110 e. The highest BCUT2D eigenvalue weighted by Gasteiger charge is 2.05. The highest BCUT2D eigenvalue weighted by molar-refractivity contribution is 8.11. The van der Waals surface area contributed by atoms with E-state index in [-0.39, 0.29) is 0 Å². The summed E-state index contributed by atoms with van der Waals surface area (Å²) in [5, 5.41) is 0. The van der Waals surface area contributed by atoms with Gasteiger partial charge in [-0.25, -0.2) is 0 Å². The number of thiol groups is 1. The highest BCUT2D eigenvalue weighted by Crippen LogP contribution is 2.21. The van der Waals surface area contributed by atoms with Gasteiger partial charge in [0.15, 0.2) is 0 Å². The molecule has 0 N–H and O–H groups in total. The molecule has 0 bridgehead atoms. The van der Waals surface area contributed by atoms with Crippen molar-refractivity contribution in [2.45, 2.75) is 155 Å². The Labute approximate surface area is 213 Å². The molecule has 0 saturated carbocycles. The van der Waals surface area contributed by atoms with Gasteiger partial charge in [-0.2, -0.15) is 0 Å². The van der Waals surface area contributed by atoms with Crippen LogP contribution in [0.3, 0.4) is 0 Å². The van der Waals surface area contributed by atoms with Crippen molar-refractivity contribution >= 4 is 42.0 Å². The number of unbranched alkanes of at least 4 members (excludes halogenated alkanes) is 17. The average molecular weight is 489 g/mol. The smallest absolute Gasteiger partial charge is 0.110 e. The lowest BCUT2D eigenvalue weighted by molar-refractivity contribution is 0.399. The van der Waals surface area contributed by atoms with Crippen molar-refractivity contribution < 1.29 is 0 Å². The molecule has 0 amide bonds. The lowest BCUT2D eigenvalue weighted by Gasteiger charge is -2.29. The van der Waals surface area contributed by atoms with Crippen LogP contribution in [0.5, 0.6) is 0 Å². The van der Waals surface area contributed by atoms with Gasteiger partial charge in [0.25, 0.3) is 0 Å². The first-order valence-electron chi connectivity index (χ1n) is 13.8. The van der Waals surface area contributed by atoms with Crippen LogP contribution in [-0.2, 0) is 12.8 Å². The minimum atomic E-state index is 0.531. The van der Waals surface area contributed by atoms with Crippen LogP contribution in [0, 0.1) is 5.92 Å². The summed E-state index contributed by atoms with van der Waals surface area (Å²) in [7, 11) is 0. The topological polar surface area (TPSA) is 3.24 Å². The Hall–Kier alpha value is 0.590. The molecule has 1 atom stereocenters. The molecule has 0 aliphatic rings. The van der Waals surface area contributed by atoms with E-state index in [1.807, 2.05) is 0 Å². The predicted octanol–water partition coefficient (Wildman–Crippen LogP) is 10.2.